The van der Waals surface area contributed by atoms with E-state index < -0.39 is 15.8 Å². The van der Waals surface area contributed by atoms with Crippen LogP contribution in [-0.4, -0.2) is 41.1 Å². The van der Waals surface area contributed by atoms with Gasteiger partial charge in [0.15, 0.2) is 0 Å². The van der Waals surface area contributed by atoms with E-state index in [-0.39, 0.29) is 10.8 Å². The monoisotopic (exact) mass is 350 g/mol. The van der Waals surface area contributed by atoms with E-state index >= 15 is 0 Å². The second kappa shape index (κ2) is 6.18. The minimum Gasteiger partial charge on any atom is -0.338 e. The van der Waals surface area contributed by atoms with Crippen molar-refractivity contribution in [2.24, 2.45) is 0 Å². The van der Waals surface area contributed by atoms with Crippen LogP contribution in [0.5, 0.6) is 0 Å². The van der Waals surface area contributed by atoms with Gasteiger partial charge >= 0.3 is 0 Å². The standard InChI is InChI=1S/C16H18N2O5S/c1-3-4-8-18-14-7-6-12(24(20,21)17-2)11-13(14)16(15(18)19)22-9-5-10-23-16/h1,6-7,11,17H,4-5,8-10H2,2H3. The smallest absolute Gasteiger partial charge is 0.292 e. The predicted molar refractivity (Wildman–Crippen MR) is 86.7 cm³/mol. The van der Waals surface area contributed by atoms with Gasteiger partial charge in [-0.05, 0) is 31.7 Å². The van der Waals surface area contributed by atoms with Gasteiger partial charge in [0.1, 0.15) is 0 Å². The number of rotatable bonds is 4. The van der Waals surface area contributed by atoms with Gasteiger partial charge in [-0.2, -0.15) is 0 Å². The quantitative estimate of drug-likeness (QED) is 0.802. The number of carbonyl (C=O) groups is 1. The van der Waals surface area contributed by atoms with Gasteiger partial charge in [0, 0.05) is 18.5 Å². The van der Waals surface area contributed by atoms with Gasteiger partial charge in [0.2, 0.25) is 10.0 Å². The molecule has 128 valence electrons. The lowest BCUT2D eigenvalue weighted by Crippen LogP contribution is -2.47. The van der Waals surface area contributed by atoms with Crippen molar-refractivity contribution in [2.45, 2.75) is 23.5 Å². The highest BCUT2D eigenvalue weighted by Gasteiger charge is 2.55. The summed E-state index contributed by atoms with van der Waals surface area (Å²) in [5.74, 6) is 0.550. The van der Waals surface area contributed by atoms with Crippen LogP contribution in [0.4, 0.5) is 5.69 Å². The Kier molecular flexibility index (Phi) is 4.36. The zero-order valence-corrected chi connectivity index (χ0v) is 14.1. The summed E-state index contributed by atoms with van der Waals surface area (Å²) in [4.78, 5) is 14.5. The molecule has 0 unspecified atom stereocenters. The maximum atomic E-state index is 12.9. The average Bonchev–Trinajstić information content (AvgIpc) is 2.82. The molecule has 1 N–H and O–H groups in total. The van der Waals surface area contributed by atoms with Gasteiger partial charge in [-0.1, -0.05) is 0 Å². The van der Waals surface area contributed by atoms with Gasteiger partial charge in [0.25, 0.3) is 11.7 Å². The first-order valence-corrected chi connectivity index (χ1v) is 9.06. The molecule has 0 atom stereocenters. The fraction of sp³-hybridized carbons (Fsp3) is 0.438. The molecule has 1 aromatic carbocycles. The number of anilines is 1. The number of amides is 1. The first-order valence-electron chi connectivity index (χ1n) is 7.58. The first-order chi connectivity index (χ1) is 11.5. The van der Waals surface area contributed by atoms with Gasteiger partial charge < -0.3 is 14.4 Å². The van der Waals surface area contributed by atoms with Gasteiger partial charge in [-0.15, -0.1) is 12.3 Å². The molecule has 1 amide bonds. The predicted octanol–water partition coefficient (Wildman–Crippen LogP) is 0.554. The highest BCUT2D eigenvalue weighted by atomic mass is 32.2. The molecular formula is C16H18N2O5S. The van der Waals surface area contributed by atoms with E-state index in [0.717, 1.165) is 0 Å². The van der Waals surface area contributed by atoms with E-state index in [0.29, 0.717) is 43.9 Å². The third-order valence-corrected chi connectivity index (χ3v) is 5.51. The maximum Gasteiger partial charge on any atom is 0.292 e. The number of nitrogens with one attached hydrogen (secondary N) is 1. The van der Waals surface area contributed by atoms with Crippen LogP contribution in [0.2, 0.25) is 0 Å². The molecule has 0 bridgehead atoms. The molecule has 24 heavy (non-hydrogen) atoms. The lowest BCUT2D eigenvalue weighted by atomic mass is 10.1. The molecule has 1 fully saturated rings. The van der Waals surface area contributed by atoms with Gasteiger partial charge in [-0.25, -0.2) is 13.1 Å². The van der Waals surface area contributed by atoms with Crippen molar-refractivity contribution < 1.29 is 22.7 Å². The Morgan fingerprint density at radius 1 is 1.38 bits per heavy atom. The molecule has 7 nitrogen and oxygen atoms in total. The van der Waals surface area contributed by atoms with Crippen molar-refractivity contribution in [3.8, 4) is 12.3 Å². The van der Waals surface area contributed by atoms with Crippen LogP contribution >= 0.6 is 0 Å². The zero-order chi connectivity index (χ0) is 17.4. The molecule has 0 aromatic heterocycles. The van der Waals surface area contributed by atoms with E-state index in [1.807, 2.05) is 0 Å². The van der Waals surface area contributed by atoms with E-state index in [1.165, 1.54) is 24.1 Å². The fourth-order valence-corrected chi connectivity index (χ4v) is 3.67. The molecule has 8 heteroatoms. The van der Waals surface area contributed by atoms with E-state index in [9.17, 15) is 13.2 Å². The van der Waals surface area contributed by atoms with Crippen LogP contribution in [0.15, 0.2) is 23.1 Å². The van der Waals surface area contributed by atoms with Crippen molar-refractivity contribution in [3.63, 3.8) is 0 Å². The summed E-state index contributed by atoms with van der Waals surface area (Å²) in [6.07, 6.45) is 6.35. The van der Waals surface area contributed by atoms with Crippen LogP contribution < -0.4 is 9.62 Å². The third-order valence-electron chi connectivity index (χ3n) is 4.10. The Balaban J connectivity index is 2.14. The molecule has 0 radical (unpaired) electrons. The normalized spacial score (nSPS) is 19.3. The topological polar surface area (TPSA) is 84.9 Å². The number of benzene rings is 1. The Labute approximate surface area is 141 Å². The highest BCUT2D eigenvalue weighted by molar-refractivity contribution is 7.89. The fourth-order valence-electron chi connectivity index (χ4n) is 2.91. The van der Waals surface area contributed by atoms with Crippen LogP contribution in [0.3, 0.4) is 0 Å². The number of hydrogen-bond donors (Lipinski definition) is 1. The number of carbonyl (C=O) groups excluding carboxylic acids is 1. The Morgan fingerprint density at radius 2 is 2.08 bits per heavy atom. The molecule has 2 heterocycles. The number of nitrogens with zero attached hydrogens (tertiary/aromatic N) is 1. The molecule has 1 saturated heterocycles. The molecule has 1 spiro atoms. The second-order valence-corrected chi connectivity index (χ2v) is 7.35. The average molecular weight is 350 g/mol. The minimum absolute atomic E-state index is 0.0486. The number of ether oxygens (including phenoxy) is 2. The summed E-state index contributed by atoms with van der Waals surface area (Å²) in [6.45, 7) is 1.03. The zero-order valence-electron chi connectivity index (χ0n) is 13.2. The van der Waals surface area contributed by atoms with Gasteiger partial charge in [0.05, 0.1) is 23.8 Å². The number of hydrogen-bond acceptors (Lipinski definition) is 5. The van der Waals surface area contributed by atoms with E-state index in [1.54, 1.807) is 6.07 Å². The molecule has 3 rings (SSSR count). The van der Waals surface area contributed by atoms with Crippen molar-refractivity contribution in [1.82, 2.24) is 4.72 Å². The van der Waals surface area contributed by atoms with E-state index in [2.05, 4.69) is 10.6 Å². The number of fused-ring (bicyclic) bond motifs is 2. The number of sulfonamides is 1. The van der Waals surface area contributed by atoms with E-state index in [4.69, 9.17) is 15.9 Å². The summed E-state index contributed by atoms with van der Waals surface area (Å²) in [7, 11) is -2.32. The highest BCUT2D eigenvalue weighted by Crippen LogP contribution is 2.46. The van der Waals surface area contributed by atoms with Gasteiger partial charge in [-0.3, -0.25) is 4.79 Å². The Hall–Kier alpha value is -1.92. The summed E-state index contributed by atoms with van der Waals surface area (Å²) in [6, 6.07) is 4.47. The summed E-state index contributed by atoms with van der Waals surface area (Å²) in [5.41, 5.74) is 0.966. The molecular weight excluding hydrogens is 332 g/mol. The molecule has 0 aliphatic carbocycles. The minimum atomic E-state index is -3.65. The van der Waals surface area contributed by atoms with Crippen molar-refractivity contribution in [3.05, 3.63) is 23.8 Å². The Bertz CT molecular complexity index is 806. The van der Waals surface area contributed by atoms with Crippen LogP contribution in [0.1, 0.15) is 18.4 Å². The second-order valence-electron chi connectivity index (χ2n) is 5.46. The third kappa shape index (κ3) is 2.50. The van der Waals surface area contributed by atoms with Crippen LogP contribution in [0, 0.1) is 12.3 Å². The maximum absolute atomic E-state index is 12.9. The molecule has 2 aliphatic heterocycles. The largest absolute Gasteiger partial charge is 0.338 e. The van der Waals surface area contributed by atoms with Crippen LogP contribution in [0.25, 0.3) is 0 Å². The summed E-state index contributed by atoms with van der Waals surface area (Å²) < 4.78 is 37.8. The first kappa shape index (κ1) is 16.9. The number of terminal acetylenes is 1. The Morgan fingerprint density at radius 3 is 2.71 bits per heavy atom. The van der Waals surface area contributed by atoms with Crippen molar-refractivity contribution in [2.75, 3.05) is 31.7 Å². The van der Waals surface area contributed by atoms with Crippen molar-refractivity contribution in [1.29, 1.82) is 0 Å². The summed E-state index contributed by atoms with van der Waals surface area (Å²) >= 11 is 0. The van der Waals surface area contributed by atoms with Crippen molar-refractivity contribution >= 4 is 21.6 Å². The lowest BCUT2D eigenvalue weighted by Gasteiger charge is -2.32. The molecule has 2 aliphatic rings. The SMILES string of the molecule is C#CCCN1C(=O)C2(OCCCO2)c2cc(S(=O)(=O)NC)ccc21. The lowest BCUT2D eigenvalue weighted by molar-refractivity contribution is -0.256. The summed E-state index contributed by atoms with van der Waals surface area (Å²) in [5, 5.41) is 0. The molecule has 0 saturated carbocycles. The van der Waals surface area contributed by atoms with Crippen LogP contribution in [-0.2, 0) is 30.1 Å². The molecule has 1 aromatic rings.